The van der Waals surface area contributed by atoms with Crippen molar-refractivity contribution >= 4 is 40.1 Å². The Hall–Kier alpha value is -3.08. The van der Waals surface area contributed by atoms with Gasteiger partial charge in [-0.05, 0) is 42.5 Å². The number of ether oxygens (including phenoxy) is 1. The zero-order valence-electron chi connectivity index (χ0n) is 14.3. The van der Waals surface area contributed by atoms with Crippen molar-refractivity contribution < 1.29 is 13.9 Å². The number of carbonyl (C=O) groups is 1. The predicted octanol–water partition coefficient (Wildman–Crippen LogP) is 5.99. The van der Waals surface area contributed by atoms with Crippen LogP contribution in [0.4, 0.5) is 0 Å². The van der Waals surface area contributed by atoms with Gasteiger partial charge < -0.3 is 9.15 Å². The molecule has 0 N–H and O–H groups in total. The smallest absolute Gasteiger partial charge is 0.343 e. The molecule has 0 atom stereocenters. The van der Waals surface area contributed by atoms with E-state index in [-0.39, 0.29) is 16.9 Å². The Morgan fingerprint density at radius 3 is 2.36 bits per heavy atom. The van der Waals surface area contributed by atoms with Gasteiger partial charge in [0.25, 0.3) is 0 Å². The van der Waals surface area contributed by atoms with E-state index in [1.54, 1.807) is 66.7 Å². The summed E-state index contributed by atoms with van der Waals surface area (Å²) in [7, 11) is 0. The fourth-order valence-corrected chi connectivity index (χ4v) is 3.19. The summed E-state index contributed by atoms with van der Waals surface area (Å²) in [5, 5.41) is 0.931. The third kappa shape index (κ3) is 3.40. The minimum absolute atomic E-state index is 0.0784. The number of carbonyl (C=O) groups excluding carboxylic acids is 1. The predicted molar refractivity (Wildman–Crippen MR) is 109 cm³/mol. The van der Waals surface area contributed by atoms with E-state index in [0.29, 0.717) is 26.8 Å². The normalized spacial score (nSPS) is 10.8. The first kappa shape index (κ1) is 18.3. The van der Waals surface area contributed by atoms with Gasteiger partial charge in [-0.3, -0.25) is 4.79 Å². The van der Waals surface area contributed by atoms with Gasteiger partial charge in [-0.25, -0.2) is 4.79 Å². The van der Waals surface area contributed by atoms with Crippen molar-refractivity contribution in [3.05, 3.63) is 98.6 Å². The fourth-order valence-electron chi connectivity index (χ4n) is 2.79. The van der Waals surface area contributed by atoms with Crippen molar-refractivity contribution in [2.75, 3.05) is 0 Å². The average Bonchev–Trinajstić information content (AvgIpc) is 2.71. The van der Waals surface area contributed by atoms with E-state index in [1.807, 2.05) is 0 Å². The van der Waals surface area contributed by atoms with Gasteiger partial charge in [0.15, 0.2) is 5.76 Å². The minimum atomic E-state index is -0.678. The number of halogens is 2. The van der Waals surface area contributed by atoms with E-state index in [9.17, 15) is 9.59 Å². The summed E-state index contributed by atoms with van der Waals surface area (Å²) in [6.45, 7) is 0. The van der Waals surface area contributed by atoms with Crippen molar-refractivity contribution in [1.82, 2.24) is 0 Å². The van der Waals surface area contributed by atoms with Crippen LogP contribution < -0.4 is 10.2 Å². The maximum absolute atomic E-state index is 13.1. The molecule has 1 heterocycles. The van der Waals surface area contributed by atoms with Crippen LogP contribution in [0.2, 0.25) is 10.0 Å². The molecule has 4 aromatic rings. The van der Waals surface area contributed by atoms with Gasteiger partial charge in [0.05, 0.1) is 16.0 Å². The van der Waals surface area contributed by atoms with Gasteiger partial charge in [-0.15, -0.1) is 0 Å². The second-order valence-corrected chi connectivity index (χ2v) is 6.81. The zero-order valence-corrected chi connectivity index (χ0v) is 15.8. The molecule has 4 nitrogen and oxygen atoms in total. The number of hydrogen-bond acceptors (Lipinski definition) is 4. The maximum Gasteiger partial charge on any atom is 0.343 e. The Morgan fingerprint density at radius 2 is 1.61 bits per heavy atom. The van der Waals surface area contributed by atoms with Gasteiger partial charge in [0.2, 0.25) is 11.2 Å². The molecule has 0 amide bonds. The van der Waals surface area contributed by atoms with Crippen molar-refractivity contribution in [2.45, 2.75) is 0 Å². The molecule has 0 aliphatic heterocycles. The largest absolute Gasteiger partial charge is 0.452 e. The molecule has 0 aliphatic carbocycles. The third-order valence-electron chi connectivity index (χ3n) is 4.13. The molecular formula is C22H12Cl2O4. The molecule has 0 saturated heterocycles. The Kier molecular flexibility index (Phi) is 4.90. The lowest BCUT2D eigenvalue weighted by Gasteiger charge is -2.11. The van der Waals surface area contributed by atoms with Crippen LogP contribution in [0.5, 0.6) is 5.75 Å². The van der Waals surface area contributed by atoms with Crippen LogP contribution in [0.1, 0.15) is 10.4 Å². The highest BCUT2D eigenvalue weighted by molar-refractivity contribution is 6.33. The molecule has 138 valence electrons. The van der Waals surface area contributed by atoms with Crippen molar-refractivity contribution in [3.8, 4) is 17.1 Å². The van der Waals surface area contributed by atoms with Crippen LogP contribution >= 0.6 is 23.2 Å². The number of hydrogen-bond donors (Lipinski definition) is 0. The van der Waals surface area contributed by atoms with Crippen molar-refractivity contribution in [3.63, 3.8) is 0 Å². The first-order valence-electron chi connectivity index (χ1n) is 8.33. The first-order chi connectivity index (χ1) is 13.5. The highest BCUT2D eigenvalue weighted by Crippen LogP contribution is 2.36. The summed E-state index contributed by atoms with van der Waals surface area (Å²) in [4.78, 5) is 25.7. The lowest BCUT2D eigenvalue weighted by molar-refractivity contribution is 0.0731. The summed E-state index contributed by atoms with van der Waals surface area (Å²) in [5.74, 6) is -0.839. The second kappa shape index (κ2) is 7.50. The van der Waals surface area contributed by atoms with E-state index in [1.165, 1.54) is 6.07 Å². The van der Waals surface area contributed by atoms with Crippen molar-refractivity contribution in [1.29, 1.82) is 0 Å². The Balaban J connectivity index is 1.95. The van der Waals surface area contributed by atoms with Crippen LogP contribution in [0.25, 0.3) is 22.3 Å². The van der Waals surface area contributed by atoms with Crippen molar-refractivity contribution in [2.24, 2.45) is 0 Å². The van der Waals surface area contributed by atoms with E-state index >= 15 is 0 Å². The van der Waals surface area contributed by atoms with Crippen LogP contribution in [-0.2, 0) is 0 Å². The van der Waals surface area contributed by atoms with Crippen LogP contribution in [0.3, 0.4) is 0 Å². The highest BCUT2D eigenvalue weighted by Gasteiger charge is 2.22. The summed E-state index contributed by atoms with van der Waals surface area (Å²) in [6.07, 6.45) is 0. The molecule has 28 heavy (non-hydrogen) atoms. The molecule has 1 aromatic heterocycles. The van der Waals surface area contributed by atoms with Gasteiger partial charge >= 0.3 is 5.97 Å². The lowest BCUT2D eigenvalue weighted by Crippen LogP contribution is -2.16. The van der Waals surface area contributed by atoms with Gasteiger partial charge in [0, 0.05) is 10.6 Å². The highest BCUT2D eigenvalue weighted by atomic mass is 35.5. The summed E-state index contributed by atoms with van der Waals surface area (Å²) < 4.78 is 11.4. The minimum Gasteiger partial charge on any atom is -0.452 e. The van der Waals surface area contributed by atoms with E-state index in [2.05, 4.69) is 0 Å². The Labute approximate surface area is 169 Å². The van der Waals surface area contributed by atoms with E-state index in [0.717, 1.165) is 0 Å². The van der Waals surface area contributed by atoms with E-state index < -0.39 is 11.4 Å². The second-order valence-electron chi connectivity index (χ2n) is 5.97. The summed E-state index contributed by atoms with van der Waals surface area (Å²) in [6, 6.07) is 19.9. The van der Waals surface area contributed by atoms with Gasteiger partial charge in [-0.1, -0.05) is 53.5 Å². The Morgan fingerprint density at radius 1 is 0.893 bits per heavy atom. The molecule has 0 bridgehead atoms. The number of esters is 1. The number of rotatable bonds is 3. The van der Waals surface area contributed by atoms with E-state index in [4.69, 9.17) is 32.4 Å². The topological polar surface area (TPSA) is 56.5 Å². The molecular weight excluding hydrogens is 399 g/mol. The molecule has 0 aliphatic rings. The molecule has 3 aromatic carbocycles. The summed E-state index contributed by atoms with van der Waals surface area (Å²) in [5.41, 5.74) is 0.541. The Bertz CT molecular complexity index is 1250. The third-order valence-corrected chi connectivity index (χ3v) is 4.70. The number of benzene rings is 3. The average molecular weight is 411 g/mol. The molecule has 0 spiro atoms. The first-order valence-corrected chi connectivity index (χ1v) is 9.08. The quantitative estimate of drug-likeness (QED) is 0.389. The molecule has 4 rings (SSSR count). The van der Waals surface area contributed by atoms with Gasteiger partial charge in [0.1, 0.15) is 5.58 Å². The molecule has 0 fully saturated rings. The fraction of sp³-hybridized carbons (Fsp3) is 0. The van der Waals surface area contributed by atoms with Crippen LogP contribution in [0.15, 0.2) is 82.0 Å². The van der Waals surface area contributed by atoms with Crippen LogP contribution in [0, 0.1) is 0 Å². The zero-order chi connectivity index (χ0) is 19.7. The van der Waals surface area contributed by atoms with Gasteiger partial charge in [-0.2, -0.15) is 0 Å². The molecule has 6 heteroatoms. The monoisotopic (exact) mass is 410 g/mol. The lowest BCUT2D eigenvalue weighted by atomic mass is 10.1. The number of fused-ring (bicyclic) bond motifs is 1. The molecule has 0 saturated carbocycles. The molecule has 0 unspecified atom stereocenters. The van der Waals surface area contributed by atoms with Crippen LogP contribution in [-0.4, -0.2) is 5.97 Å². The summed E-state index contributed by atoms with van der Waals surface area (Å²) >= 11 is 12.3. The maximum atomic E-state index is 13.1. The molecule has 0 radical (unpaired) electrons. The SMILES string of the molecule is O=C(Oc1c(-c2ccccc2Cl)oc2ccc(Cl)cc2c1=O)c1ccccc1. The standard InChI is InChI=1S/C22H12Cl2O4/c23-14-10-11-18-16(12-14)19(25)21(28-22(26)13-6-2-1-3-7-13)20(27-18)15-8-4-5-9-17(15)24/h1-12H.